The van der Waals surface area contributed by atoms with Crippen LogP contribution in [0.1, 0.15) is 36.7 Å². The molecule has 0 saturated heterocycles. The van der Waals surface area contributed by atoms with Gasteiger partial charge in [-0.1, -0.05) is 53.0 Å². The summed E-state index contributed by atoms with van der Waals surface area (Å²) < 4.78 is 0. The first-order valence-electron chi connectivity index (χ1n) is 7.28. The van der Waals surface area contributed by atoms with Crippen LogP contribution in [-0.4, -0.2) is 22.7 Å². The molecule has 1 amide bonds. The number of halogens is 3. The fourth-order valence-electron chi connectivity index (χ4n) is 2.01. The van der Waals surface area contributed by atoms with Crippen molar-refractivity contribution in [3.8, 4) is 0 Å². The molecule has 0 fully saturated rings. The smallest absolute Gasteiger partial charge is 0.267 e. The van der Waals surface area contributed by atoms with E-state index >= 15 is 0 Å². The van der Waals surface area contributed by atoms with E-state index in [1.807, 2.05) is 32.9 Å². The lowest BCUT2D eigenvalue weighted by Gasteiger charge is -2.31. The molecule has 0 saturated carbocycles. The lowest BCUT2D eigenvalue weighted by Crippen LogP contribution is -2.42. The van der Waals surface area contributed by atoms with Crippen molar-refractivity contribution in [3.05, 3.63) is 68.7 Å². The van der Waals surface area contributed by atoms with E-state index in [9.17, 15) is 4.79 Å². The predicted molar refractivity (Wildman–Crippen MR) is 101 cm³/mol. The largest absolute Gasteiger partial charge is 0.277 e. The van der Waals surface area contributed by atoms with Crippen LogP contribution >= 0.6 is 34.8 Å². The van der Waals surface area contributed by atoms with Gasteiger partial charge in [0.1, 0.15) is 0 Å². The summed E-state index contributed by atoms with van der Waals surface area (Å²) in [5.74, 6) is -0.358. The molecule has 0 spiro atoms. The third-order valence-corrected chi connectivity index (χ3v) is 4.08. The Balaban J connectivity index is 2.39. The molecule has 2 aromatic rings. The van der Waals surface area contributed by atoms with E-state index in [2.05, 4.69) is 5.10 Å². The van der Waals surface area contributed by atoms with Crippen LogP contribution in [0, 0.1) is 0 Å². The van der Waals surface area contributed by atoms with Gasteiger partial charge in [0.15, 0.2) is 0 Å². The quantitative estimate of drug-likeness (QED) is 0.478. The molecule has 2 aromatic carbocycles. The molecule has 0 atom stereocenters. The van der Waals surface area contributed by atoms with E-state index < -0.39 is 5.54 Å². The van der Waals surface area contributed by atoms with Gasteiger partial charge in [0.25, 0.3) is 5.91 Å². The first-order chi connectivity index (χ1) is 11.2. The summed E-state index contributed by atoms with van der Waals surface area (Å²) in [5.41, 5.74) is 0.512. The number of benzene rings is 2. The summed E-state index contributed by atoms with van der Waals surface area (Å²) in [6, 6.07) is 12.1. The van der Waals surface area contributed by atoms with Gasteiger partial charge in [0, 0.05) is 5.02 Å². The lowest BCUT2D eigenvalue weighted by atomic mass is 10.1. The van der Waals surface area contributed by atoms with E-state index in [1.165, 1.54) is 5.01 Å². The molecule has 0 aliphatic heterocycles. The number of carbonyl (C=O) groups is 1. The molecule has 0 N–H and O–H groups in total. The molecular formula is C18H17Cl3N2O. The Labute approximate surface area is 156 Å². The third-order valence-electron chi connectivity index (χ3n) is 3.20. The molecule has 0 aromatic heterocycles. The molecule has 3 nitrogen and oxygen atoms in total. The van der Waals surface area contributed by atoms with Crippen molar-refractivity contribution in [3.63, 3.8) is 0 Å². The van der Waals surface area contributed by atoms with Crippen LogP contribution < -0.4 is 0 Å². The zero-order valence-electron chi connectivity index (χ0n) is 13.6. The summed E-state index contributed by atoms with van der Waals surface area (Å²) in [6.45, 7) is 5.65. The summed E-state index contributed by atoms with van der Waals surface area (Å²) in [7, 11) is 0. The third kappa shape index (κ3) is 4.50. The normalized spacial score (nSPS) is 11.8. The second kappa shape index (κ2) is 7.56. The van der Waals surface area contributed by atoms with Gasteiger partial charge in [-0.2, -0.15) is 5.10 Å². The highest BCUT2D eigenvalue weighted by Gasteiger charge is 2.29. The molecule has 6 heteroatoms. The zero-order valence-corrected chi connectivity index (χ0v) is 15.8. The summed E-state index contributed by atoms with van der Waals surface area (Å²) in [6.07, 6.45) is 1.60. The fraction of sp³-hybridized carbons (Fsp3) is 0.222. The van der Waals surface area contributed by atoms with Crippen molar-refractivity contribution in [1.82, 2.24) is 5.01 Å². The standard InChI is InChI=1S/C18H17Cl3N2O/c1-18(2,3)23(22-11-12-7-9-13(19)10-8-12)17(24)16-14(20)5-4-6-15(16)21/h4-11H,1-3H3/b22-11+. The maximum Gasteiger partial charge on any atom is 0.277 e. The van der Waals surface area contributed by atoms with Crippen molar-refractivity contribution >= 4 is 46.9 Å². The average molecular weight is 384 g/mol. The predicted octanol–water partition coefficient (Wildman–Crippen LogP) is 5.92. The minimum atomic E-state index is -0.553. The Kier molecular flexibility index (Phi) is 5.92. The SMILES string of the molecule is CC(C)(C)N(/N=C/c1ccc(Cl)cc1)C(=O)c1c(Cl)cccc1Cl. The summed E-state index contributed by atoms with van der Waals surface area (Å²) >= 11 is 18.2. The summed E-state index contributed by atoms with van der Waals surface area (Å²) in [4.78, 5) is 12.9. The molecule has 24 heavy (non-hydrogen) atoms. The van der Waals surface area contributed by atoms with Crippen molar-refractivity contribution in [2.45, 2.75) is 26.3 Å². The van der Waals surface area contributed by atoms with E-state index in [4.69, 9.17) is 34.8 Å². The second-order valence-electron chi connectivity index (χ2n) is 6.18. The number of amides is 1. The first-order valence-corrected chi connectivity index (χ1v) is 8.41. The van der Waals surface area contributed by atoms with E-state index in [-0.39, 0.29) is 11.5 Å². The Bertz CT molecular complexity index is 745. The Morgan fingerprint density at radius 1 is 1.00 bits per heavy atom. The van der Waals surface area contributed by atoms with Gasteiger partial charge in [0.2, 0.25) is 0 Å². The molecular weight excluding hydrogens is 367 g/mol. The topological polar surface area (TPSA) is 32.7 Å². The minimum Gasteiger partial charge on any atom is -0.267 e. The lowest BCUT2D eigenvalue weighted by molar-refractivity contribution is 0.0594. The van der Waals surface area contributed by atoms with Gasteiger partial charge in [-0.25, -0.2) is 5.01 Å². The maximum atomic E-state index is 12.9. The van der Waals surface area contributed by atoms with Gasteiger partial charge in [-0.05, 0) is 50.6 Å². The summed E-state index contributed by atoms with van der Waals surface area (Å²) in [5, 5.41) is 6.95. The van der Waals surface area contributed by atoms with E-state index in [0.717, 1.165) is 5.56 Å². The highest BCUT2D eigenvalue weighted by molar-refractivity contribution is 6.39. The van der Waals surface area contributed by atoms with Crippen molar-refractivity contribution in [2.24, 2.45) is 5.10 Å². The highest BCUT2D eigenvalue weighted by atomic mass is 35.5. The number of hydrogen-bond donors (Lipinski definition) is 0. The molecule has 2 rings (SSSR count). The number of carbonyl (C=O) groups excluding carboxylic acids is 1. The monoisotopic (exact) mass is 382 g/mol. The average Bonchev–Trinajstić information content (AvgIpc) is 2.48. The minimum absolute atomic E-state index is 0.240. The number of rotatable bonds is 3. The Morgan fingerprint density at radius 2 is 1.54 bits per heavy atom. The highest BCUT2D eigenvalue weighted by Crippen LogP contribution is 2.28. The fourth-order valence-corrected chi connectivity index (χ4v) is 2.70. The van der Waals surface area contributed by atoms with Gasteiger partial charge in [-0.3, -0.25) is 4.79 Å². The Hall–Kier alpha value is -1.55. The maximum absolute atomic E-state index is 12.9. The molecule has 0 aliphatic carbocycles. The molecule has 0 aliphatic rings. The molecule has 0 radical (unpaired) electrons. The second-order valence-corrected chi connectivity index (χ2v) is 7.43. The van der Waals surface area contributed by atoms with Crippen molar-refractivity contribution < 1.29 is 4.79 Å². The van der Waals surface area contributed by atoms with Crippen LogP contribution in [0.3, 0.4) is 0 Å². The molecule has 0 unspecified atom stereocenters. The van der Waals surface area contributed by atoms with Gasteiger partial charge >= 0.3 is 0 Å². The van der Waals surface area contributed by atoms with Crippen LogP contribution in [0.5, 0.6) is 0 Å². The van der Waals surface area contributed by atoms with Crippen LogP contribution in [-0.2, 0) is 0 Å². The van der Waals surface area contributed by atoms with E-state index in [0.29, 0.717) is 15.1 Å². The number of nitrogens with zero attached hydrogens (tertiary/aromatic N) is 2. The van der Waals surface area contributed by atoms with Crippen molar-refractivity contribution in [2.75, 3.05) is 0 Å². The van der Waals surface area contributed by atoms with Crippen LogP contribution in [0.4, 0.5) is 0 Å². The number of hydrogen-bond acceptors (Lipinski definition) is 2. The van der Waals surface area contributed by atoms with Gasteiger partial charge < -0.3 is 0 Å². The van der Waals surface area contributed by atoms with Crippen LogP contribution in [0.25, 0.3) is 0 Å². The zero-order chi connectivity index (χ0) is 17.9. The van der Waals surface area contributed by atoms with Gasteiger partial charge in [-0.15, -0.1) is 0 Å². The van der Waals surface area contributed by atoms with Crippen LogP contribution in [0.15, 0.2) is 47.6 Å². The van der Waals surface area contributed by atoms with Gasteiger partial charge in [0.05, 0.1) is 27.4 Å². The molecule has 0 bridgehead atoms. The van der Waals surface area contributed by atoms with E-state index in [1.54, 1.807) is 36.5 Å². The van der Waals surface area contributed by atoms with Crippen LogP contribution in [0.2, 0.25) is 15.1 Å². The first kappa shape index (κ1) is 18.8. The van der Waals surface area contributed by atoms with Crippen molar-refractivity contribution in [1.29, 1.82) is 0 Å². The molecule has 126 valence electrons. The number of hydrazone groups is 1. The molecule has 0 heterocycles. The Morgan fingerprint density at radius 3 is 2.04 bits per heavy atom.